The first kappa shape index (κ1) is 9.50. The molecule has 0 aromatic carbocycles. The molecule has 0 heterocycles. The predicted molar refractivity (Wildman–Crippen MR) is 50.6 cm³/mol. The maximum absolute atomic E-state index is 13.2. The Hall–Kier alpha value is -0.590. The van der Waals surface area contributed by atoms with Crippen LogP contribution in [-0.4, -0.2) is 0 Å². The third-order valence-electron chi connectivity index (χ3n) is 2.58. The highest BCUT2D eigenvalue weighted by Crippen LogP contribution is 2.31. The van der Waals surface area contributed by atoms with E-state index in [1.807, 2.05) is 13.8 Å². The highest BCUT2D eigenvalue weighted by molar-refractivity contribution is 5.33. The normalized spacial score (nSPS) is 24.3. The Balaban J connectivity index is 2.70. The zero-order valence-corrected chi connectivity index (χ0v) is 8.15. The van der Waals surface area contributed by atoms with Crippen LogP contribution in [0, 0.1) is 5.92 Å². The standard InChI is InChI=1S/C11H17F/c1-4-5-10-6-8(2)9(3)11(12)7-10/h6,10H,4-5,7H2,1-3H3. The highest BCUT2D eigenvalue weighted by Gasteiger charge is 2.16. The van der Waals surface area contributed by atoms with Crippen LogP contribution < -0.4 is 0 Å². The third kappa shape index (κ3) is 1.96. The third-order valence-corrected chi connectivity index (χ3v) is 2.58. The molecule has 1 rings (SSSR count). The number of hydrogen-bond acceptors (Lipinski definition) is 0. The van der Waals surface area contributed by atoms with E-state index in [1.165, 1.54) is 0 Å². The molecular weight excluding hydrogens is 151 g/mol. The second-order valence-electron chi connectivity index (χ2n) is 3.63. The lowest BCUT2D eigenvalue weighted by atomic mass is 9.88. The van der Waals surface area contributed by atoms with Gasteiger partial charge in [0.1, 0.15) is 5.83 Å². The van der Waals surface area contributed by atoms with E-state index in [4.69, 9.17) is 0 Å². The zero-order valence-electron chi connectivity index (χ0n) is 8.15. The minimum absolute atomic E-state index is 0.0912. The van der Waals surface area contributed by atoms with Crippen molar-refractivity contribution in [2.45, 2.75) is 40.0 Å². The Morgan fingerprint density at radius 2 is 2.17 bits per heavy atom. The van der Waals surface area contributed by atoms with Crippen molar-refractivity contribution < 1.29 is 4.39 Å². The van der Waals surface area contributed by atoms with Crippen molar-refractivity contribution in [2.75, 3.05) is 0 Å². The van der Waals surface area contributed by atoms with E-state index >= 15 is 0 Å². The average Bonchev–Trinajstić information content (AvgIpc) is 2.01. The van der Waals surface area contributed by atoms with Gasteiger partial charge in [-0.05, 0) is 37.3 Å². The van der Waals surface area contributed by atoms with E-state index in [1.54, 1.807) is 0 Å². The molecule has 0 aliphatic heterocycles. The van der Waals surface area contributed by atoms with Gasteiger partial charge in [-0.2, -0.15) is 0 Å². The van der Waals surface area contributed by atoms with Gasteiger partial charge in [0.2, 0.25) is 0 Å². The summed E-state index contributed by atoms with van der Waals surface area (Å²) in [7, 11) is 0. The lowest BCUT2D eigenvalue weighted by Crippen LogP contribution is -2.04. The Labute approximate surface area is 74.2 Å². The van der Waals surface area contributed by atoms with Gasteiger partial charge >= 0.3 is 0 Å². The van der Waals surface area contributed by atoms with E-state index in [9.17, 15) is 4.39 Å². The van der Waals surface area contributed by atoms with Crippen molar-refractivity contribution in [1.29, 1.82) is 0 Å². The van der Waals surface area contributed by atoms with Crippen LogP contribution in [0.4, 0.5) is 4.39 Å². The van der Waals surface area contributed by atoms with E-state index in [0.29, 0.717) is 12.3 Å². The van der Waals surface area contributed by atoms with Crippen molar-refractivity contribution >= 4 is 0 Å². The maximum Gasteiger partial charge on any atom is 0.104 e. The molecule has 1 aliphatic carbocycles. The molecule has 1 heteroatoms. The molecule has 0 N–H and O–H groups in total. The van der Waals surface area contributed by atoms with Gasteiger partial charge in [0, 0.05) is 6.42 Å². The number of rotatable bonds is 2. The molecular formula is C11H17F. The summed E-state index contributed by atoms with van der Waals surface area (Å²) in [6.07, 6.45) is 5.08. The number of halogens is 1. The minimum Gasteiger partial charge on any atom is -0.212 e. The van der Waals surface area contributed by atoms with E-state index in [0.717, 1.165) is 24.0 Å². The van der Waals surface area contributed by atoms with Crippen molar-refractivity contribution in [3.05, 3.63) is 23.0 Å². The van der Waals surface area contributed by atoms with Gasteiger partial charge in [0.15, 0.2) is 0 Å². The molecule has 0 spiro atoms. The van der Waals surface area contributed by atoms with Crippen LogP contribution in [0.5, 0.6) is 0 Å². The van der Waals surface area contributed by atoms with E-state index in [-0.39, 0.29) is 5.83 Å². The molecule has 0 aromatic rings. The Morgan fingerprint density at radius 3 is 2.67 bits per heavy atom. The summed E-state index contributed by atoms with van der Waals surface area (Å²) in [4.78, 5) is 0. The highest BCUT2D eigenvalue weighted by atomic mass is 19.1. The molecule has 0 amide bonds. The van der Waals surface area contributed by atoms with Gasteiger partial charge in [-0.3, -0.25) is 0 Å². The van der Waals surface area contributed by atoms with Crippen LogP contribution in [-0.2, 0) is 0 Å². The molecule has 0 bridgehead atoms. The topological polar surface area (TPSA) is 0 Å². The number of hydrogen-bond donors (Lipinski definition) is 0. The van der Waals surface area contributed by atoms with E-state index in [2.05, 4.69) is 13.0 Å². The summed E-state index contributed by atoms with van der Waals surface area (Å²) in [6.45, 7) is 6.01. The summed E-state index contributed by atoms with van der Waals surface area (Å²) >= 11 is 0. The van der Waals surface area contributed by atoms with Crippen LogP contribution in [0.25, 0.3) is 0 Å². The molecule has 1 aliphatic rings. The monoisotopic (exact) mass is 168 g/mol. The molecule has 0 radical (unpaired) electrons. The molecule has 68 valence electrons. The molecule has 0 saturated carbocycles. The SMILES string of the molecule is CCCC1C=C(C)C(C)=C(F)C1. The second kappa shape index (κ2) is 3.88. The van der Waals surface area contributed by atoms with Gasteiger partial charge in [-0.1, -0.05) is 19.4 Å². The van der Waals surface area contributed by atoms with Crippen LogP contribution in [0.15, 0.2) is 23.0 Å². The quantitative estimate of drug-likeness (QED) is 0.584. The second-order valence-corrected chi connectivity index (χ2v) is 3.63. The van der Waals surface area contributed by atoms with Gasteiger partial charge in [-0.15, -0.1) is 0 Å². The number of allylic oxidation sites excluding steroid dienone is 4. The van der Waals surface area contributed by atoms with Crippen LogP contribution in [0.3, 0.4) is 0 Å². The molecule has 12 heavy (non-hydrogen) atoms. The summed E-state index contributed by atoms with van der Waals surface area (Å²) in [5, 5.41) is 0. The van der Waals surface area contributed by atoms with Gasteiger partial charge < -0.3 is 0 Å². The molecule has 0 fully saturated rings. The van der Waals surface area contributed by atoms with Gasteiger partial charge in [-0.25, -0.2) is 4.39 Å². The Bertz CT molecular complexity index is 223. The first-order valence-corrected chi connectivity index (χ1v) is 4.69. The van der Waals surface area contributed by atoms with Crippen molar-refractivity contribution in [3.8, 4) is 0 Å². The predicted octanol–water partition coefficient (Wildman–Crippen LogP) is 4.00. The van der Waals surface area contributed by atoms with Crippen molar-refractivity contribution in [3.63, 3.8) is 0 Å². The van der Waals surface area contributed by atoms with Crippen LogP contribution >= 0.6 is 0 Å². The minimum atomic E-state index is 0.0912. The summed E-state index contributed by atoms with van der Waals surface area (Å²) in [5.74, 6) is 0.534. The molecule has 1 unspecified atom stereocenters. The lowest BCUT2D eigenvalue weighted by molar-refractivity contribution is 0.477. The smallest absolute Gasteiger partial charge is 0.104 e. The fourth-order valence-electron chi connectivity index (χ4n) is 1.69. The Morgan fingerprint density at radius 1 is 1.50 bits per heavy atom. The summed E-state index contributed by atoms with van der Waals surface area (Å²) in [5.41, 5.74) is 1.97. The Kier molecular flexibility index (Phi) is 3.07. The van der Waals surface area contributed by atoms with Gasteiger partial charge in [0.05, 0.1) is 0 Å². The molecule has 1 atom stereocenters. The largest absolute Gasteiger partial charge is 0.212 e. The van der Waals surface area contributed by atoms with Crippen LogP contribution in [0.1, 0.15) is 40.0 Å². The molecule has 0 saturated heterocycles. The first-order chi connectivity index (χ1) is 5.65. The van der Waals surface area contributed by atoms with Crippen LogP contribution in [0.2, 0.25) is 0 Å². The van der Waals surface area contributed by atoms with Gasteiger partial charge in [0.25, 0.3) is 0 Å². The fraction of sp³-hybridized carbons (Fsp3) is 0.636. The molecule has 0 aromatic heterocycles. The maximum atomic E-state index is 13.2. The lowest BCUT2D eigenvalue weighted by Gasteiger charge is -2.19. The zero-order chi connectivity index (χ0) is 9.14. The summed E-state index contributed by atoms with van der Waals surface area (Å²) < 4.78 is 13.2. The van der Waals surface area contributed by atoms with Crippen molar-refractivity contribution in [1.82, 2.24) is 0 Å². The average molecular weight is 168 g/mol. The summed E-state index contributed by atoms with van der Waals surface area (Å²) in [6, 6.07) is 0. The van der Waals surface area contributed by atoms with Crippen molar-refractivity contribution in [2.24, 2.45) is 5.92 Å². The first-order valence-electron chi connectivity index (χ1n) is 4.69. The van der Waals surface area contributed by atoms with E-state index < -0.39 is 0 Å². The fourth-order valence-corrected chi connectivity index (χ4v) is 1.69. The molecule has 0 nitrogen and oxygen atoms in total.